The largest absolute Gasteiger partial charge is 0.454 e. The highest BCUT2D eigenvalue weighted by Gasteiger charge is 2.51. The molecule has 4 bridgehead atoms. The fourth-order valence-corrected chi connectivity index (χ4v) is 7.06. The smallest absolute Gasteiger partial charge is 0.325 e. The zero-order chi connectivity index (χ0) is 24.3. The molecule has 0 spiro atoms. The summed E-state index contributed by atoms with van der Waals surface area (Å²) in [6.45, 7) is 6.71. The molecule has 2 amide bonds. The van der Waals surface area contributed by atoms with Crippen LogP contribution in [0.15, 0.2) is 24.3 Å². The molecule has 4 aliphatic rings. The molecule has 0 unspecified atom stereocenters. The predicted octanol–water partition coefficient (Wildman–Crippen LogP) is 4.13. The summed E-state index contributed by atoms with van der Waals surface area (Å²) in [7, 11) is 0. The number of nitrogens with zero attached hydrogens (tertiary/aromatic N) is 1. The van der Waals surface area contributed by atoms with Crippen LogP contribution in [0.4, 0.5) is 11.4 Å². The zero-order valence-electron chi connectivity index (χ0n) is 20.8. The molecule has 0 radical (unpaired) electrons. The highest BCUT2D eigenvalue weighted by molar-refractivity contribution is 5.93. The number of carbonyl (C=O) groups excluding carboxylic acids is 3. The van der Waals surface area contributed by atoms with Gasteiger partial charge in [-0.15, -0.1) is 0 Å². The molecular formula is C27H39N3O4. The summed E-state index contributed by atoms with van der Waals surface area (Å²) in [6, 6.07) is 7.99. The Labute approximate surface area is 203 Å². The first-order valence-electron chi connectivity index (χ1n) is 12.8. The lowest BCUT2D eigenvalue weighted by molar-refractivity contribution is -0.147. The van der Waals surface area contributed by atoms with Gasteiger partial charge in [-0.05, 0) is 107 Å². The average Bonchev–Trinajstić information content (AvgIpc) is 2.76. The molecule has 1 aromatic carbocycles. The number of benzene rings is 1. The molecule has 5 rings (SSSR count). The lowest BCUT2D eigenvalue weighted by Crippen LogP contribution is -2.48. The van der Waals surface area contributed by atoms with Crippen molar-refractivity contribution < 1.29 is 19.1 Å². The van der Waals surface area contributed by atoms with Crippen molar-refractivity contribution in [2.24, 2.45) is 23.2 Å². The van der Waals surface area contributed by atoms with E-state index in [0.29, 0.717) is 18.2 Å². The van der Waals surface area contributed by atoms with Gasteiger partial charge in [-0.2, -0.15) is 0 Å². The van der Waals surface area contributed by atoms with Crippen LogP contribution in [-0.4, -0.2) is 43.5 Å². The maximum absolute atomic E-state index is 12.5. The Morgan fingerprint density at radius 2 is 1.59 bits per heavy atom. The number of nitrogens with one attached hydrogen (secondary N) is 2. The number of amides is 2. The first-order valence-corrected chi connectivity index (χ1v) is 12.8. The van der Waals surface area contributed by atoms with Gasteiger partial charge in [-0.3, -0.25) is 14.4 Å². The van der Waals surface area contributed by atoms with Crippen LogP contribution >= 0.6 is 0 Å². The van der Waals surface area contributed by atoms with Gasteiger partial charge in [0.2, 0.25) is 5.91 Å². The Bertz CT molecular complexity index is 860. The first-order chi connectivity index (χ1) is 16.2. The molecule has 34 heavy (non-hydrogen) atoms. The van der Waals surface area contributed by atoms with Gasteiger partial charge in [0.15, 0.2) is 6.61 Å². The number of hydrogen-bond acceptors (Lipinski definition) is 5. The summed E-state index contributed by atoms with van der Waals surface area (Å²) in [5.41, 5.74) is 1.88. The number of ether oxygens (including phenoxy) is 1. The fourth-order valence-electron chi connectivity index (χ4n) is 7.06. The van der Waals surface area contributed by atoms with E-state index in [1.165, 1.54) is 19.3 Å². The van der Waals surface area contributed by atoms with E-state index >= 15 is 0 Å². The summed E-state index contributed by atoms with van der Waals surface area (Å²) in [6.07, 6.45) is 8.01. The fraction of sp³-hybridized carbons (Fsp3) is 0.667. The van der Waals surface area contributed by atoms with Crippen LogP contribution in [0.2, 0.25) is 0 Å². The van der Waals surface area contributed by atoms with Crippen molar-refractivity contribution in [3.63, 3.8) is 0 Å². The second-order valence-electron chi connectivity index (χ2n) is 11.0. The number of anilines is 2. The lowest BCUT2D eigenvalue weighted by Gasteiger charge is -2.56. The van der Waals surface area contributed by atoms with Gasteiger partial charge in [-0.1, -0.05) is 0 Å². The van der Waals surface area contributed by atoms with Crippen molar-refractivity contribution in [3.05, 3.63) is 24.3 Å². The lowest BCUT2D eigenvalue weighted by atomic mass is 9.49. The van der Waals surface area contributed by atoms with E-state index in [1.807, 2.05) is 24.3 Å². The van der Waals surface area contributed by atoms with Crippen molar-refractivity contribution in [1.29, 1.82) is 0 Å². The van der Waals surface area contributed by atoms with Crippen LogP contribution in [0.25, 0.3) is 0 Å². The van der Waals surface area contributed by atoms with E-state index < -0.39 is 11.9 Å². The molecule has 7 nitrogen and oxygen atoms in total. The van der Waals surface area contributed by atoms with Crippen molar-refractivity contribution in [1.82, 2.24) is 5.32 Å². The van der Waals surface area contributed by atoms with Gasteiger partial charge in [-0.25, -0.2) is 0 Å². The SMILES string of the molecule is CCN(c1ccc(NC(=O)COC(=O)CNC(=O)CC23CC4CC(CC(C4)C2)C3)cc1)C(C)C. The Hall–Kier alpha value is -2.57. The summed E-state index contributed by atoms with van der Waals surface area (Å²) in [5, 5.41) is 5.45. The Kier molecular flexibility index (Phi) is 7.48. The minimum Gasteiger partial charge on any atom is -0.454 e. The minimum absolute atomic E-state index is 0.0778. The van der Waals surface area contributed by atoms with Gasteiger partial charge in [0, 0.05) is 30.4 Å². The van der Waals surface area contributed by atoms with E-state index in [0.717, 1.165) is 49.2 Å². The normalized spacial score (nSPS) is 26.9. The number of esters is 1. The molecule has 186 valence electrons. The highest BCUT2D eigenvalue weighted by atomic mass is 16.5. The zero-order valence-corrected chi connectivity index (χ0v) is 20.8. The second kappa shape index (κ2) is 10.4. The third-order valence-corrected chi connectivity index (χ3v) is 7.94. The van der Waals surface area contributed by atoms with Crippen LogP contribution < -0.4 is 15.5 Å². The molecule has 0 aromatic heterocycles. The van der Waals surface area contributed by atoms with Crippen molar-refractivity contribution in [3.8, 4) is 0 Å². The van der Waals surface area contributed by atoms with E-state index in [9.17, 15) is 14.4 Å². The van der Waals surface area contributed by atoms with E-state index in [1.54, 1.807) is 0 Å². The summed E-state index contributed by atoms with van der Waals surface area (Å²) < 4.78 is 5.06. The molecule has 7 heteroatoms. The quantitative estimate of drug-likeness (QED) is 0.503. The van der Waals surface area contributed by atoms with E-state index in [2.05, 4.69) is 36.3 Å². The monoisotopic (exact) mass is 469 g/mol. The Morgan fingerprint density at radius 1 is 1.00 bits per heavy atom. The van der Waals surface area contributed by atoms with Gasteiger partial charge in [0.1, 0.15) is 6.54 Å². The Balaban J connectivity index is 1.16. The Morgan fingerprint density at radius 3 is 2.12 bits per heavy atom. The molecular weight excluding hydrogens is 430 g/mol. The van der Waals surface area contributed by atoms with Crippen LogP contribution in [0.1, 0.15) is 65.7 Å². The van der Waals surface area contributed by atoms with Crippen LogP contribution in [0.5, 0.6) is 0 Å². The maximum atomic E-state index is 12.5. The molecule has 4 fully saturated rings. The van der Waals surface area contributed by atoms with Gasteiger partial charge in [0.05, 0.1) is 0 Å². The highest BCUT2D eigenvalue weighted by Crippen LogP contribution is 2.61. The standard InChI is InChI=1S/C27H39N3O4/c1-4-30(18(2)3)23-7-5-22(6-8-23)29-25(32)17-34-26(33)16-28-24(31)15-27-12-19-9-20(13-27)11-21(10-19)14-27/h5-8,18-21H,4,9-17H2,1-3H3,(H,28,31)(H,29,32). The van der Waals surface area contributed by atoms with Crippen molar-refractivity contribution in [2.75, 3.05) is 29.9 Å². The number of hydrogen-bond donors (Lipinski definition) is 2. The van der Waals surface area contributed by atoms with Crippen molar-refractivity contribution >= 4 is 29.2 Å². The molecule has 4 saturated carbocycles. The second-order valence-corrected chi connectivity index (χ2v) is 11.0. The van der Waals surface area contributed by atoms with Gasteiger partial charge in [0.25, 0.3) is 5.91 Å². The molecule has 0 atom stereocenters. The molecule has 2 N–H and O–H groups in total. The predicted molar refractivity (Wildman–Crippen MR) is 132 cm³/mol. The molecule has 4 aliphatic carbocycles. The minimum atomic E-state index is -0.597. The van der Waals surface area contributed by atoms with Crippen LogP contribution in [-0.2, 0) is 19.1 Å². The summed E-state index contributed by atoms with van der Waals surface area (Å²) in [5.74, 6) is 1.29. The topological polar surface area (TPSA) is 87.7 Å². The third-order valence-electron chi connectivity index (χ3n) is 7.94. The summed E-state index contributed by atoms with van der Waals surface area (Å²) >= 11 is 0. The van der Waals surface area contributed by atoms with Crippen LogP contribution in [0, 0.1) is 23.2 Å². The average molecular weight is 470 g/mol. The van der Waals surface area contributed by atoms with E-state index in [-0.39, 0.29) is 24.5 Å². The number of carbonyl (C=O) groups is 3. The molecule has 1 aromatic rings. The molecule has 0 saturated heterocycles. The number of rotatable bonds is 10. The van der Waals surface area contributed by atoms with Gasteiger partial charge < -0.3 is 20.3 Å². The molecule has 0 aliphatic heterocycles. The third kappa shape index (κ3) is 5.91. The maximum Gasteiger partial charge on any atom is 0.325 e. The van der Waals surface area contributed by atoms with E-state index in [4.69, 9.17) is 4.74 Å². The first kappa shape index (κ1) is 24.6. The summed E-state index contributed by atoms with van der Waals surface area (Å²) in [4.78, 5) is 39.0. The van der Waals surface area contributed by atoms with Gasteiger partial charge >= 0.3 is 5.97 Å². The van der Waals surface area contributed by atoms with Crippen LogP contribution in [0.3, 0.4) is 0 Å². The molecule has 0 heterocycles. The van der Waals surface area contributed by atoms with Crippen molar-refractivity contribution in [2.45, 2.75) is 71.8 Å².